The Morgan fingerprint density at radius 3 is 2.45 bits per heavy atom. The van der Waals surface area contributed by atoms with Gasteiger partial charge in [0.05, 0.1) is 28.9 Å². The molecular weight excluding hydrogens is 434 g/mol. The molecular formula is C22H25N3O4S2. The Morgan fingerprint density at radius 2 is 1.81 bits per heavy atom. The fourth-order valence-corrected chi connectivity index (χ4v) is 5.80. The summed E-state index contributed by atoms with van der Waals surface area (Å²) in [5, 5.41) is 11.6. The van der Waals surface area contributed by atoms with E-state index in [2.05, 4.69) is 11.4 Å². The molecule has 9 heteroatoms. The Bertz CT molecular complexity index is 1050. The van der Waals surface area contributed by atoms with E-state index in [0.29, 0.717) is 36.5 Å². The van der Waals surface area contributed by atoms with Crippen LogP contribution in [0.1, 0.15) is 30.6 Å². The lowest BCUT2D eigenvalue weighted by molar-refractivity contribution is -0.0440. The number of nitrogens with one attached hydrogen (secondary N) is 1. The lowest BCUT2D eigenvalue weighted by atomic mass is 10.2. The number of hydrogen-bond donors (Lipinski definition) is 1. The maximum Gasteiger partial charge on any atom is 0.255 e. The Labute approximate surface area is 187 Å². The van der Waals surface area contributed by atoms with Crippen molar-refractivity contribution >= 4 is 33.4 Å². The molecule has 1 N–H and O–H groups in total. The van der Waals surface area contributed by atoms with Crippen molar-refractivity contribution in [1.29, 1.82) is 5.26 Å². The van der Waals surface area contributed by atoms with Gasteiger partial charge in [-0.1, -0.05) is 12.1 Å². The van der Waals surface area contributed by atoms with Gasteiger partial charge < -0.3 is 10.1 Å². The molecule has 0 aromatic heterocycles. The van der Waals surface area contributed by atoms with Crippen molar-refractivity contribution in [3.8, 4) is 6.07 Å². The second-order valence-electron chi connectivity index (χ2n) is 7.31. The minimum Gasteiger partial charge on any atom is -0.373 e. The van der Waals surface area contributed by atoms with Crippen molar-refractivity contribution in [1.82, 2.24) is 4.31 Å². The Hall–Kier alpha value is -2.38. The number of morpholine rings is 1. The largest absolute Gasteiger partial charge is 0.373 e. The molecule has 0 saturated carbocycles. The van der Waals surface area contributed by atoms with Crippen molar-refractivity contribution in [2.75, 3.05) is 24.2 Å². The van der Waals surface area contributed by atoms with Crippen molar-refractivity contribution in [2.24, 2.45) is 0 Å². The van der Waals surface area contributed by atoms with Gasteiger partial charge in [-0.2, -0.15) is 9.57 Å². The molecule has 7 nitrogen and oxygen atoms in total. The summed E-state index contributed by atoms with van der Waals surface area (Å²) in [4.78, 5) is 13.7. The van der Waals surface area contributed by atoms with E-state index in [1.807, 2.05) is 32.0 Å². The smallest absolute Gasteiger partial charge is 0.255 e. The first kappa shape index (κ1) is 23.3. The van der Waals surface area contributed by atoms with Gasteiger partial charge in [-0.25, -0.2) is 8.42 Å². The molecule has 0 aliphatic carbocycles. The molecule has 2 aromatic rings. The predicted octanol–water partition coefficient (Wildman–Crippen LogP) is 3.74. The van der Waals surface area contributed by atoms with Crippen molar-refractivity contribution in [3.63, 3.8) is 0 Å². The number of hydrogen-bond acceptors (Lipinski definition) is 6. The summed E-state index contributed by atoms with van der Waals surface area (Å²) >= 11 is 1.50. The molecule has 1 amide bonds. The van der Waals surface area contributed by atoms with Crippen LogP contribution in [-0.4, -0.2) is 49.7 Å². The van der Waals surface area contributed by atoms with Crippen molar-refractivity contribution in [2.45, 2.75) is 42.3 Å². The summed E-state index contributed by atoms with van der Waals surface area (Å²) in [6.45, 7) is 4.30. The summed E-state index contributed by atoms with van der Waals surface area (Å²) in [7, 11) is -3.66. The molecule has 164 valence electrons. The SMILES string of the molecule is C[C@@H]1CN(S(=O)(=O)c2ccc(C(=O)Nc3ccccc3SCCC#N)cc2)C[C@@H](C)O1. The number of carbonyl (C=O) groups excluding carboxylic acids is 1. The maximum atomic E-state index is 13.0. The number of amides is 1. The topological polar surface area (TPSA) is 99.5 Å². The van der Waals surface area contributed by atoms with Gasteiger partial charge in [-0.3, -0.25) is 4.79 Å². The van der Waals surface area contributed by atoms with Crippen LogP contribution in [0.5, 0.6) is 0 Å². The second-order valence-corrected chi connectivity index (χ2v) is 10.4. The van der Waals surface area contributed by atoms with Crippen LogP contribution in [0.25, 0.3) is 0 Å². The Kier molecular flexibility index (Phi) is 7.73. The zero-order chi connectivity index (χ0) is 22.4. The van der Waals surface area contributed by atoms with Crippen LogP contribution >= 0.6 is 11.8 Å². The summed E-state index contributed by atoms with van der Waals surface area (Å²) in [6, 6.07) is 15.4. The van der Waals surface area contributed by atoms with Gasteiger partial charge in [-0.15, -0.1) is 11.8 Å². The number of para-hydroxylation sites is 1. The molecule has 0 unspecified atom stereocenters. The minimum absolute atomic E-state index is 0.151. The third kappa shape index (κ3) is 5.86. The molecule has 0 spiro atoms. The average Bonchev–Trinajstić information content (AvgIpc) is 2.74. The highest BCUT2D eigenvalue weighted by atomic mass is 32.2. The summed E-state index contributed by atoms with van der Waals surface area (Å²) in [6.07, 6.45) is 0.0770. The van der Waals surface area contributed by atoms with Crippen LogP contribution < -0.4 is 5.32 Å². The molecule has 1 heterocycles. The highest BCUT2D eigenvalue weighted by Gasteiger charge is 2.32. The highest BCUT2D eigenvalue weighted by Crippen LogP contribution is 2.28. The standard InChI is InChI=1S/C22H25N3O4S2/c1-16-14-25(15-17(2)29-16)31(27,28)19-10-8-18(9-11-19)22(26)24-20-6-3-4-7-21(20)30-13-5-12-23/h3-4,6-11,16-17H,5,13-15H2,1-2H3,(H,24,26)/t16-,17-/m1/s1. The van der Waals surface area contributed by atoms with Crippen LogP contribution in [-0.2, 0) is 14.8 Å². The van der Waals surface area contributed by atoms with Crippen LogP contribution in [0, 0.1) is 11.3 Å². The predicted molar refractivity (Wildman–Crippen MR) is 121 cm³/mol. The number of anilines is 1. The number of thioether (sulfide) groups is 1. The molecule has 1 aliphatic heterocycles. The third-order valence-electron chi connectivity index (χ3n) is 4.75. The zero-order valence-corrected chi connectivity index (χ0v) is 19.1. The van der Waals surface area contributed by atoms with Crippen LogP contribution in [0.15, 0.2) is 58.3 Å². The molecule has 3 rings (SSSR count). The first-order valence-corrected chi connectivity index (χ1v) is 12.4. The van der Waals surface area contributed by atoms with Gasteiger partial charge in [0.25, 0.3) is 5.91 Å². The van der Waals surface area contributed by atoms with E-state index >= 15 is 0 Å². The van der Waals surface area contributed by atoms with Crippen LogP contribution in [0.4, 0.5) is 5.69 Å². The number of nitrogens with zero attached hydrogens (tertiary/aromatic N) is 2. The van der Waals surface area contributed by atoms with Gasteiger partial charge >= 0.3 is 0 Å². The first-order chi connectivity index (χ1) is 14.8. The number of carbonyl (C=O) groups is 1. The van der Waals surface area contributed by atoms with Gasteiger partial charge in [0, 0.05) is 35.7 Å². The van der Waals surface area contributed by atoms with Crippen LogP contribution in [0.3, 0.4) is 0 Å². The highest BCUT2D eigenvalue weighted by molar-refractivity contribution is 7.99. The quantitative estimate of drug-likeness (QED) is 0.500. The van der Waals surface area contributed by atoms with E-state index < -0.39 is 10.0 Å². The van der Waals surface area contributed by atoms with E-state index in [4.69, 9.17) is 10.00 Å². The number of sulfonamides is 1. The van der Waals surface area contributed by atoms with Gasteiger partial charge in [0.1, 0.15) is 0 Å². The minimum atomic E-state index is -3.66. The summed E-state index contributed by atoms with van der Waals surface area (Å²) in [5.41, 5.74) is 1.02. The average molecular weight is 460 g/mol. The lowest BCUT2D eigenvalue weighted by Gasteiger charge is -2.34. The van der Waals surface area contributed by atoms with Gasteiger partial charge in [-0.05, 0) is 50.2 Å². The molecule has 1 fully saturated rings. The number of benzene rings is 2. The van der Waals surface area contributed by atoms with Crippen molar-refractivity contribution < 1.29 is 17.9 Å². The molecule has 1 aliphatic rings. The van der Waals surface area contributed by atoms with Crippen LogP contribution in [0.2, 0.25) is 0 Å². The van der Waals surface area contributed by atoms with Crippen molar-refractivity contribution in [3.05, 3.63) is 54.1 Å². The number of rotatable bonds is 7. The van der Waals surface area contributed by atoms with E-state index in [1.165, 1.54) is 40.3 Å². The molecule has 1 saturated heterocycles. The normalized spacial score (nSPS) is 19.5. The molecule has 2 aromatic carbocycles. The number of nitriles is 1. The van der Waals surface area contributed by atoms with E-state index in [1.54, 1.807) is 6.07 Å². The van der Waals surface area contributed by atoms with Gasteiger partial charge in [0.2, 0.25) is 10.0 Å². The fraction of sp³-hybridized carbons (Fsp3) is 0.364. The maximum absolute atomic E-state index is 13.0. The summed E-state index contributed by atoms with van der Waals surface area (Å²) in [5.74, 6) is 0.306. The summed E-state index contributed by atoms with van der Waals surface area (Å²) < 4.78 is 33.0. The zero-order valence-electron chi connectivity index (χ0n) is 17.4. The Balaban J connectivity index is 1.72. The molecule has 0 bridgehead atoms. The number of ether oxygens (including phenoxy) is 1. The second kappa shape index (κ2) is 10.3. The Morgan fingerprint density at radius 1 is 1.16 bits per heavy atom. The monoisotopic (exact) mass is 459 g/mol. The molecule has 31 heavy (non-hydrogen) atoms. The first-order valence-electron chi connectivity index (χ1n) is 9.97. The van der Waals surface area contributed by atoms with Gasteiger partial charge in [0.15, 0.2) is 0 Å². The molecule has 2 atom stereocenters. The lowest BCUT2D eigenvalue weighted by Crippen LogP contribution is -2.48. The molecule has 0 radical (unpaired) electrons. The van der Waals surface area contributed by atoms with E-state index in [0.717, 1.165) is 4.90 Å². The van der Waals surface area contributed by atoms with E-state index in [-0.39, 0.29) is 23.0 Å². The fourth-order valence-electron chi connectivity index (χ4n) is 3.35. The third-order valence-corrected chi connectivity index (χ3v) is 7.67. The van der Waals surface area contributed by atoms with E-state index in [9.17, 15) is 13.2 Å².